The summed E-state index contributed by atoms with van der Waals surface area (Å²) in [5.41, 5.74) is 1.50. The van der Waals surface area contributed by atoms with E-state index in [0.717, 1.165) is 27.9 Å². The SMILES string of the molecule is CCc1nc2ccc(NS(C)(=O)=O)cc2s1. The summed E-state index contributed by atoms with van der Waals surface area (Å²) in [6.07, 6.45) is 2.04. The Morgan fingerprint density at radius 1 is 1.44 bits per heavy atom. The fourth-order valence-electron chi connectivity index (χ4n) is 1.40. The Hall–Kier alpha value is -1.14. The third-order valence-electron chi connectivity index (χ3n) is 2.04. The molecule has 86 valence electrons. The first-order chi connectivity index (χ1) is 7.48. The second kappa shape index (κ2) is 4.03. The average molecular weight is 256 g/mol. The van der Waals surface area contributed by atoms with Crippen molar-refractivity contribution >= 4 is 37.3 Å². The summed E-state index contributed by atoms with van der Waals surface area (Å²) in [5, 5.41) is 1.06. The van der Waals surface area contributed by atoms with Crippen LogP contribution in [0.15, 0.2) is 18.2 Å². The van der Waals surface area contributed by atoms with E-state index in [0.29, 0.717) is 5.69 Å². The molecule has 0 aliphatic heterocycles. The van der Waals surface area contributed by atoms with Crippen LogP contribution in [0.5, 0.6) is 0 Å². The zero-order valence-electron chi connectivity index (χ0n) is 9.02. The summed E-state index contributed by atoms with van der Waals surface area (Å²) in [4.78, 5) is 4.41. The molecule has 4 nitrogen and oxygen atoms in total. The van der Waals surface area contributed by atoms with Gasteiger partial charge in [0.05, 0.1) is 27.2 Å². The number of anilines is 1. The van der Waals surface area contributed by atoms with E-state index in [2.05, 4.69) is 9.71 Å². The summed E-state index contributed by atoms with van der Waals surface area (Å²) in [5.74, 6) is 0. The highest BCUT2D eigenvalue weighted by atomic mass is 32.2. The summed E-state index contributed by atoms with van der Waals surface area (Å²) in [6, 6.07) is 5.37. The maximum Gasteiger partial charge on any atom is 0.229 e. The largest absolute Gasteiger partial charge is 0.284 e. The van der Waals surface area contributed by atoms with Crippen LogP contribution in [-0.2, 0) is 16.4 Å². The van der Waals surface area contributed by atoms with Crippen molar-refractivity contribution < 1.29 is 8.42 Å². The number of fused-ring (bicyclic) bond motifs is 1. The Balaban J connectivity index is 2.43. The molecular formula is C10H12N2O2S2. The number of aromatic nitrogens is 1. The number of hydrogen-bond donors (Lipinski definition) is 1. The third kappa shape index (κ3) is 2.51. The molecule has 0 spiro atoms. The number of nitrogens with zero attached hydrogens (tertiary/aromatic N) is 1. The van der Waals surface area contributed by atoms with Gasteiger partial charge in [-0.2, -0.15) is 0 Å². The first-order valence-electron chi connectivity index (χ1n) is 4.85. The number of sulfonamides is 1. The average Bonchev–Trinajstić information content (AvgIpc) is 2.57. The highest BCUT2D eigenvalue weighted by Gasteiger charge is 2.05. The van der Waals surface area contributed by atoms with Crippen LogP contribution >= 0.6 is 11.3 Å². The van der Waals surface area contributed by atoms with Crippen LogP contribution in [0.25, 0.3) is 10.2 Å². The lowest BCUT2D eigenvalue weighted by atomic mass is 10.3. The van der Waals surface area contributed by atoms with Crippen molar-refractivity contribution in [3.8, 4) is 0 Å². The first-order valence-corrected chi connectivity index (χ1v) is 7.56. The number of rotatable bonds is 3. The van der Waals surface area contributed by atoms with E-state index in [9.17, 15) is 8.42 Å². The van der Waals surface area contributed by atoms with Gasteiger partial charge in [-0.05, 0) is 24.6 Å². The fraction of sp³-hybridized carbons (Fsp3) is 0.300. The molecule has 1 aromatic carbocycles. The maximum atomic E-state index is 11.1. The highest BCUT2D eigenvalue weighted by molar-refractivity contribution is 7.92. The van der Waals surface area contributed by atoms with Gasteiger partial charge in [-0.1, -0.05) is 6.92 Å². The fourth-order valence-corrected chi connectivity index (χ4v) is 2.90. The van der Waals surface area contributed by atoms with Gasteiger partial charge in [0.25, 0.3) is 0 Å². The van der Waals surface area contributed by atoms with Crippen LogP contribution in [0.3, 0.4) is 0 Å². The zero-order chi connectivity index (χ0) is 11.8. The van der Waals surface area contributed by atoms with E-state index in [1.807, 2.05) is 19.1 Å². The van der Waals surface area contributed by atoms with E-state index in [-0.39, 0.29) is 0 Å². The lowest BCUT2D eigenvalue weighted by Gasteiger charge is -2.02. The number of aryl methyl sites for hydroxylation is 1. The molecular weight excluding hydrogens is 244 g/mol. The summed E-state index contributed by atoms with van der Waals surface area (Å²) in [7, 11) is -3.21. The molecule has 0 amide bonds. The Morgan fingerprint density at radius 3 is 2.81 bits per heavy atom. The van der Waals surface area contributed by atoms with E-state index in [1.165, 1.54) is 0 Å². The van der Waals surface area contributed by atoms with Crippen molar-refractivity contribution in [2.24, 2.45) is 0 Å². The Kier molecular flexibility index (Phi) is 2.86. The molecule has 1 aromatic heterocycles. The molecule has 0 fully saturated rings. The van der Waals surface area contributed by atoms with Crippen molar-refractivity contribution in [1.29, 1.82) is 0 Å². The van der Waals surface area contributed by atoms with E-state index in [1.54, 1.807) is 17.4 Å². The molecule has 0 radical (unpaired) electrons. The van der Waals surface area contributed by atoms with Gasteiger partial charge in [0.1, 0.15) is 0 Å². The van der Waals surface area contributed by atoms with Gasteiger partial charge in [-0.25, -0.2) is 13.4 Å². The van der Waals surface area contributed by atoms with Crippen molar-refractivity contribution in [3.63, 3.8) is 0 Å². The molecule has 1 heterocycles. The van der Waals surface area contributed by atoms with Crippen LogP contribution in [-0.4, -0.2) is 19.7 Å². The Bertz CT molecular complexity index is 617. The van der Waals surface area contributed by atoms with Gasteiger partial charge < -0.3 is 0 Å². The predicted molar refractivity (Wildman–Crippen MR) is 67.5 cm³/mol. The lowest BCUT2D eigenvalue weighted by Crippen LogP contribution is -2.09. The molecule has 0 atom stereocenters. The topological polar surface area (TPSA) is 59.1 Å². The zero-order valence-corrected chi connectivity index (χ0v) is 10.7. The van der Waals surface area contributed by atoms with Crippen LogP contribution in [0, 0.1) is 0 Å². The number of hydrogen-bond acceptors (Lipinski definition) is 4. The second-order valence-electron chi connectivity index (χ2n) is 3.52. The van der Waals surface area contributed by atoms with Crippen LogP contribution < -0.4 is 4.72 Å². The highest BCUT2D eigenvalue weighted by Crippen LogP contribution is 2.25. The Morgan fingerprint density at radius 2 is 2.19 bits per heavy atom. The summed E-state index contributed by atoms with van der Waals surface area (Å²) < 4.78 is 25.6. The molecule has 0 unspecified atom stereocenters. The second-order valence-corrected chi connectivity index (χ2v) is 6.38. The monoisotopic (exact) mass is 256 g/mol. The molecule has 2 rings (SSSR count). The molecule has 2 aromatic rings. The van der Waals surface area contributed by atoms with E-state index >= 15 is 0 Å². The molecule has 0 bridgehead atoms. The number of nitrogens with one attached hydrogen (secondary N) is 1. The molecule has 0 saturated heterocycles. The van der Waals surface area contributed by atoms with Gasteiger partial charge >= 0.3 is 0 Å². The molecule has 0 aliphatic carbocycles. The minimum Gasteiger partial charge on any atom is -0.284 e. The first kappa shape index (κ1) is 11.3. The van der Waals surface area contributed by atoms with Crippen LogP contribution in [0.2, 0.25) is 0 Å². The van der Waals surface area contributed by atoms with E-state index < -0.39 is 10.0 Å². The van der Waals surface area contributed by atoms with Gasteiger partial charge in [0.15, 0.2) is 0 Å². The van der Waals surface area contributed by atoms with Crippen molar-refractivity contribution in [2.75, 3.05) is 11.0 Å². The predicted octanol–water partition coefficient (Wildman–Crippen LogP) is 2.23. The lowest BCUT2D eigenvalue weighted by molar-refractivity contribution is 0.607. The number of thiazole rings is 1. The van der Waals surface area contributed by atoms with Gasteiger partial charge in [-0.3, -0.25) is 4.72 Å². The Labute approximate surface area is 98.4 Å². The van der Waals surface area contributed by atoms with Gasteiger partial charge in [0, 0.05) is 0 Å². The van der Waals surface area contributed by atoms with Crippen LogP contribution in [0.4, 0.5) is 5.69 Å². The van der Waals surface area contributed by atoms with Crippen molar-refractivity contribution in [1.82, 2.24) is 4.98 Å². The molecule has 6 heteroatoms. The smallest absolute Gasteiger partial charge is 0.229 e. The van der Waals surface area contributed by atoms with Gasteiger partial charge in [0.2, 0.25) is 10.0 Å². The quantitative estimate of drug-likeness (QED) is 0.916. The van der Waals surface area contributed by atoms with Crippen molar-refractivity contribution in [2.45, 2.75) is 13.3 Å². The standard InChI is InChI=1S/C10H12N2O2S2/c1-3-10-11-8-5-4-7(6-9(8)15-10)12-16(2,13)14/h4-6,12H,3H2,1-2H3. The molecule has 0 saturated carbocycles. The summed E-state index contributed by atoms with van der Waals surface area (Å²) in [6.45, 7) is 2.05. The van der Waals surface area contributed by atoms with Crippen LogP contribution in [0.1, 0.15) is 11.9 Å². The minimum absolute atomic E-state index is 0.585. The molecule has 1 N–H and O–H groups in total. The third-order valence-corrected chi connectivity index (χ3v) is 3.81. The normalized spacial score (nSPS) is 11.9. The minimum atomic E-state index is -3.21. The summed E-state index contributed by atoms with van der Waals surface area (Å²) >= 11 is 1.59. The van der Waals surface area contributed by atoms with E-state index in [4.69, 9.17) is 0 Å². The molecule has 0 aliphatic rings. The molecule has 16 heavy (non-hydrogen) atoms. The van der Waals surface area contributed by atoms with Crippen molar-refractivity contribution in [3.05, 3.63) is 23.2 Å². The van der Waals surface area contributed by atoms with Gasteiger partial charge in [-0.15, -0.1) is 11.3 Å². The maximum absolute atomic E-state index is 11.1. The number of benzene rings is 1.